The maximum atomic E-state index is 11.5. The molecule has 1 aromatic rings. The van der Waals surface area contributed by atoms with E-state index in [0.29, 0.717) is 28.8 Å². The molecule has 0 atom stereocenters. The molecule has 0 saturated heterocycles. The van der Waals surface area contributed by atoms with Gasteiger partial charge in [-0.1, -0.05) is 23.2 Å². The van der Waals surface area contributed by atoms with Gasteiger partial charge in [-0.3, -0.25) is 4.79 Å². The molecule has 4 nitrogen and oxygen atoms in total. The minimum absolute atomic E-state index is 0.0505. The van der Waals surface area contributed by atoms with Gasteiger partial charge in [-0.15, -0.1) is 0 Å². The standard InChI is InChI=1S/C14H20Cl2N2O2/c1-9(2)18-13(19)4-6-20-14-10(3-5-17)7-11(15)8-12(14)16/h7-9H,3-6,17H2,1-2H3,(H,18,19). The molecule has 0 bridgehead atoms. The first-order chi connectivity index (χ1) is 9.43. The second-order valence-electron chi connectivity index (χ2n) is 4.74. The van der Waals surface area contributed by atoms with Gasteiger partial charge < -0.3 is 15.8 Å². The Labute approximate surface area is 129 Å². The summed E-state index contributed by atoms with van der Waals surface area (Å²) in [5, 5.41) is 3.78. The molecule has 20 heavy (non-hydrogen) atoms. The highest BCUT2D eigenvalue weighted by molar-refractivity contribution is 6.35. The zero-order valence-corrected chi connectivity index (χ0v) is 13.2. The summed E-state index contributed by atoms with van der Waals surface area (Å²) >= 11 is 12.1. The van der Waals surface area contributed by atoms with Crippen LogP contribution in [0.25, 0.3) is 0 Å². The van der Waals surface area contributed by atoms with Gasteiger partial charge in [-0.2, -0.15) is 0 Å². The van der Waals surface area contributed by atoms with E-state index in [4.69, 9.17) is 33.7 Å². The number of carbonyl (C=O) groups excluding carboxylic acids is 1. The van der Waals surface area contributed by atoms with Crippen molar-refractivity contribution < 1.29 is 9.53 Å². The molecule has 0 aromatic heterocycles. The zero-order chi connectivity index (χ0) is 15.1. The van der Waals surface area contributed by atoms with E-state index in [0.717, 1.165) is 5.56 Å². The van der Waals surface area contributed by atoms with Crippen molar-refractivity contribution in [2.24, 2.45) is 5.73 Å². The number of halogens is 2. The first-order valence-corrected chi connectivity index (χ1v) is 7.29. The van der Waals surface area contributed by atoms with Crippen LogP contribution in [-0.2, 0) is 11.2 Å². The van der Waals surface area contributed by atoms with Gasteiger partial charge in [0.25, 0.3) is 0 Å². The van der Waals surface area contributed by atoms with Crippen molar-refractivity contribution in [2.75, 3.05) is 13.2 Å². The Bertz CT molecular complexity index is 465. The van der Waals surface area contributed by atoms with Crippen LogP contribution in [0.1, 0.15) is 25.8 Å². The Balaban J connectivity index is 2.65. The highest BCUT2D eigenvalue weighted by Gasteiger charge is 2.11. The number of nitrogens with one attached hydrogen (secondary N) is 1. The van der Waals surface area contributed by atoms with Crippen LogP contribution in [0.4, 0.5) is 0 Å². The molecule has 1 aromatic carbocycles. The third-order valence-corrected chi connectivity index (χ3v) is 3.02. The van der Waals surface area contributed by atoms with Gasteiger partial charge in [-0.05, 0) is 44.5 Å². The average Bonchev–Trinajstić information content (AvgIpc) is 2.31. The van der Waals surface area contributed by atoms with Gasteiger partial charge in [0.05, 0.1) is 18.1 Å². The summed E-state index contributed by atoms with van der Waals surface area (Å²) in [6.45, 7) is 4.56. The molecule has 0 aliphatic carbocycles. The molecule has 3 N–H and O–H groups in total. The second kappa shape index (κ2) is 8.35. The number of hydrogen-bond acceptors (Lipinski definition) is 3. The van der Waals surface area contributed by atoms with Gasteiger partial charge in [0.1, 0.15) is 5.75 Å². The van der Waals surface area contributed by atoms with Crippen LogP contribution in [0, 0.1) is 0 Å². The minimum Gasteiger partial charge on any atom is -0.491 e. The molecule has 0 fully saturated rings. The highest BCUT2D eigenvalue weighted by atomic mass is 35.5. The van der Waals surface area contributed by atoms with Gasteiger partial charge in [0.2, 0.25) is 5.91 Å². The second-order valence-corrected chi connectivity index (χ2v) is 5.58. The van der Waals surface area contributed by atoms with Crippen molar-refractivity contribution in [2.45, 2.75) is 32.7 Å². The van der Waals surface area contributed by atoms with E-state index in [1.807, 2.05) is 13.8 Å². The summed E-state index contributed by atoms with van der Waals surface area (Å²) in [5.74, 6) is 0.504. The molecule has 1 rings (SSSR count). The number of ether oxygens (including phenoxy) is 1. The topological polar surface area (TPSA) is 64.3 Å². The Hall–Kier alpha value is -0.970. The van der Waals surface area contributed by atoms with Crippen LogP contribution >= 0.6 is 23.2 Å². The van der Waals surface area contributed by atoms with Crippen LogP contribution in [0.3, 0.4) is 0 Å². The number of carbonyl (C=O) groups is 1. The van der Waals surface area contributed by atoms with Crippen molar-refractivity contribution >= 4 is 29.1 Å². The van der Waals surface area contributed by atoms with Crippen molar-refractivity contribution in [1.29, 1.82) is 0 Å². The lowest BCUT2D eigenvalue weighted by atomic mass is 10.1. The average molecular weight is 319 g/mol. The fourth-order valence-corrected chi connectivity index (χ4v) is 2.35. The molecule has 0 unspecified atom stereocenters. The van der Waals surface area contributed by atoms with Gasteiger partial charge in [0.15, 0.2) is 0 Å². The zero-order valence-electron chi connectivity index (χ0n) is 11.7. The molecule has 1 amide bonds. The van der Waals surface area contributed by atoms with E-state index in [1.165, 1.54) is 0 Å². The van der Waals surface area contributed by atoms with E-state index in [2.05, 4.69) is 5.32 Å². The Morgan fingerprint density at radius 2 is 2.10 bits per heavy atom. The molecular weight excluding hydrogens is 299 g/mol. The Kier molecular flexibility index (Phi) is 7.13. The lowest BCUT2D eigenvalue weighted by Crippen LogP contribution is -2.31. The van der Waals surface area contributed by atoms with Crippen molar-refractivity contribution in [3.63, 3.8) is 0 Å². The van der Waals surface area contributed by atoms with E-state index in [1.54, 1.807) is 12.1 Å². The van der Waals surface area contributed by atoms with Crippen LogP contribution in [-0.4, -0.2) is 25.1 Å². The first kappa shape index (κ1) is 17.1. The van der Waals surface area contributed by atoms with E-state index < -0.39 is 0 Å². The molecule has 0 aliphatic rings. The molecule has 112 valence electrons. The normalized spacial score (nSPS) is 10.7. The van der Waals surface area contributed by atoms with Crippen molar-refractivity contribution in [1.82, 2.24) is 5.32 Å². The predicted octanol–water partition coefficient (Wildman–Crippen LogP) is 2.79. The van der Waals surface area contributed by atoms with Crippen LogP contribution < -0.4 is 15.8 Å². The van der Waals surface area contributed by atoms with Crippen LogP contribution in [0.15, 0.2) is 12.1 Å². The summed E-state index contributed by atoms with van der Waals surface area (Å²) in [4.78, 5) is 11.5. The number of nitrogens with two attached hydrogens (primary N) is 1. The van der Waals surface area contributed by atoms with Crippen molar-refractivity contribution in [3.05, 3.63) is 27.7 Å². The Morgan fingerprint density at radius 3 is 2.70 bits per heavy atom. The lowest BCUT2D eigenvalue weighted by Gasteiger charge is -2.14. The predicted molar refractivity (Wildman–Crippen MR) is 82.6 cm³/mol. The molecular formula is C14H20Cl2N2O2. The molecule has 6 heteroatoms. The summed E-state index contributed by atoms with van der Waals surface area (Å²) in [6, 6.07) is 3.52. The number of benzene rings is 1. The quantitative estimate of drug-likeness (QED) is 0.812. The van der Waals surface area contributed by atoms with E-state index in [-0.39, 0.29) is 25.0 Å². The third-order valence-electron chi connectivity index (χ3n) is 2.52. The largest absolute Gasteiger partial charge is 0.491 e. The highest BCUT2D eigenvalue weighted by Crippen LogP contribution is 2.32. The Morgan fingerprint density at radius 1 is 1.40 bits per heavy atom. The number of amides is 1. The summed E-state index contributed by atoms with van der Waals surface area (Å²) in [6.07, 6.45) is 0.896. The smallest absolute Gasteiger partial charge is 0.223 e. The van der Waals surface area contributed by atoms with Gasteiger partial charge >= 0.3 is 0 Å². The number of hydrogen-bond donors (Lipinski definition) is 2. The van der Waals surface area contributed by atoms with E-state index in [9.17, 15) is 4.79 Å². The SMILES string of the molecule is CC(C)NC(=O)CCOc1c(Cl)cc(Cl)cc1CCN. The molecule has 0 spiro atoms. The molecule has 0 radical (unpaired) electrons. The van der Waals surface area contributed by atoms with Crippen LogP contribution in [0.2, 0.25) is 10.0 Å². The third kappa shape index (κ3) is 5.57. The first-order valence-electron chi connectivity index (χ1n) is 6.54. The minimum atomic E-state index is -0.0505. The fourth-order valence-electron chi connectivity index (χ4n) is 1.76. The summed E-state index contributed by atoms with van der Waals surface area (Å²) in [5.41, 5.74) is 6.41. The van der Waals surface area contributed by atoms with Crippen molar-refractivity contribution in [3.8, 4) is 5.75 Å². The maximum Gasteiger partial charge on any atom is 0.223 e. The fraction of sp³-hybridized carbons (Fsp3) is 0.500. The van der Waals surface area contributed by atoms with Gasteiger partial charge in [0, 0.05) is 11.1 Å². The van der Waals surface area contributed by atoms with E-state index >= 15 is 0 Å². The maximum absolute atomic E-state index is 11.5. The molecule has 0 aliphatic heterocycles. The molecule has 0 saturated carbocycles. The summed E-state index contributed by atoms with van der Waals surface area (Å²) in [7, 11) is 0. The lowest BCUT2D eigenvalue weighted by molar-refractivity contribution is -0.122. The summed E-state index contributed by atoms with van der Waals surface area (Å²) < 4.78 is 5.62. The number of rotatable bonds is 7. The van der Waals surface area contributed by atoms with Crippen LogP contribution in [0.5, 0.6) is 5.75 Å². The monoisotopic (exact) mass is 318 g/mol. The van der Waals surface area contributed by atoms with Gasteiger partial charge in [-0.25, -0.2) is 0 Å². The molecule has 0 heterocycles.